The first-order valence-corrected chi connectivity index (χ1v) is 9.48. The van der Waals surface area contributed by atoms with Crippen molar-refractivity contribution in [1.29, 1.82) is 5.26 Å². The van der Waals surface area contributed by atoms with Gasteiger partial charge in [-0.15, -0.1) is 0 Å². The Kier molecular flexibility index (Phi) is 8.67. The number of carboxylic acid groups (broad SMARTS) is 2. The van der Waals surface area contributed by atoms with Gasteiger partial charge in [0.25, 0.3) is 0 Å². The predicted octanol–water partition coefficient (Wildman–Crippen LogP) is 2.79. The van der Waals surface area contributed by atoms with Crippen molar-refractivity contribution in [2.45, 2.75) is 32.2 Å². The zero-order chi connectivity index (χ0) is 21.1. The Morgan fingerprint density at radius 3 is 2.28 bits per heavy atom. The van der Waals surface area contributed by atoms with Gasteiger partial charge >= 0.3 is 11.9 Å². The molecule has 0 saturated heterocycles. The van der Waals surface area contributed by atoms with E-state index >= 15 is 0 Å². The molecule has 2 aromatic rings. The topological polar surface area (TPSA) is 122 Å². The van der Waals surface area contributed by atoms with Gasteiger partial charge < -0.3 is 20.8 Å². The van der Waals surface area contributed by atoms with Crippen molar-refractivity contribution >= 4 is 17.6 Å². The lowest BCUT2D eigenvalue weighted by Gasteiger charge is -2.16. The second-order valence-corrected chi connectivity index (χ2v) is 6.61. The van der Waals surface area contributed by atoms with E-state index in [0.29, 0.717) is 0 Å². The molecule has 0 saturated carbocycles. The molecule has 7 heteroatoms. The maximum absolute atomic E-state index is 9.64. The van der Waals surface area contributed by atoms with Crippen molar-refractivity contribution in [3.8, 4) is 6.07 Å². The number of rotatable bonds is 6. The largest absolute Gasteiger partial charge is 0.481 e. The Morgan fingerprint density at radius 2 is 1.66 bits per heavy atom. The van der Waals surface area contributed by atoms with Crippen molar-refractivity contribution in [2.75, 3.05) is 18.4 Å². The quantitative estimate of drug-likeness (QED) is 0.593. The minimum absolute atomic E-state index is 0.296. The van der Waals surface area contributed by atoms with E-state index in [-0.39, 0.29) is 12.8 Å². The maximum atomic E-state index is 9.64. The lowest BCUT2D eigenvalue weighted by atomic mass is 9.97. The molecule has 0 atom stereocenters. The summed E-state index contributed by atoms with van der Waals surface area (Å²) < 4.78 is 0. The molecular formula is C22H25N3O4. The van der Waals surface area contributed by atoms with Crippen LogP contribution in [0.4, 0.5) is 5.69 Å². The zero-order valence-electron chi connectivity index (χ0n) is 16.1. The number of hydrogen-bond donors (Lipinski definition) is 4. The summed E-state index contributed by atoms with van der Waals surface area (Å²) in [6.45, 7) is 2.73. The number of benzene rings is 2. The number of aliphatic carboxylic acids is 2. The monoisotopic (exact) mass is 395 g/mol. The van der Waals surface area contributed by atoms with Crippen LogP contribution in [0.25, 0.3) is 0 Å². The van der Waals surface area contributed by atoms with E-state index in [1.165, 1.54) is 16.7 Å². The van der Waals surface area contributed by atoms with E-state index in [4.69, 9.17) is 10.2 Å². The third-order valence-corrected chi connectivity index (χ3v) is 4.52. The molecule has 7 nitrogen and oxygen atoms in total. The van der Waals surface area contributed by atoms with E-state index in [2.05, 4.69) is 34.9 Å². The van der Waals surface area contributed by atoms with Crippen molar-refractivity contribution in [3.63, 3.8) is 0 Å². The second-order valence-electron chi connectivity index (χ2n) is 6.61. The molecule has 1 aliphatic rings. The Balaban J connectivity index is 0.000000321. The zero-order valence-corrected chi connectivity index (χ0v) is 16.1. The molecule has 2 aromatic carbocycles. The first-order chi connectivity index (χ1) is 14.0. The van der Waals surface area contributed by atoms with Crippen molar-refractivity contribution in [2.24, 2.45) is 0 Å². The van der Waals surface area contributed by atoms with E-state index < -0.39 is 11.9 Å². The molecule has 0 aromatic heterocycles. The summed E-state index contributed by atoms with van der Waals surface area (Å²) >= 11 is 0. The third-order valence-electron chi connectivity index (χ3n) is 4.52. The van der Waals surface area contributed by atoms with E-state index in [1.54, 1.807) is 0 Å². The predicted molar refractivity (Wildman–Crippen MR) is 110 cm³/mol. The van der Waals surface area contributed by atoms with Crippen LogP contribution in [-0.4, -0.2) is 35.2 Å². The molecule has 29 heavy (non-hydrogen) atoms. The van der Waals surface area contributed by atoms with Crippen LogP contribution >= 0.6 is 0 Å². The minimum atomic E-state index is -1.08. The number of nitriles is 1. The summed E-state index contributed by atoms with van der Waals surface area (Å²) in [6, 6.07) is 16.7. The van der Waals surface area contributed by atoms with Gasteiger partial charge in [0.1, 0.15) is 6.07 Å². The van der Waals surface area contributed by atoms with Gasteiger partial charge in [0.15, 0.2) is 0 Å². The summed E-state index contributed by atoms with van der Waals surface area (Å²) in [4.78, 5) is 19.3. The molecule has 4 N–H and O–H groups in total. The standard InChI is InChI=1S/C18H19N3.C4H6O4/c19-12-16-7-6-15-8-10-20-11-9-17(15)18(16)21-13-14-4-2-1-3-5-14;5-3(6)1-2-4(7)8/h1-7,20-21H,8-11,13H2;1-2H2,(H,5,6)(H,7,8). The van der Waals surface area contributed by atoms with Gasteiger partial charge in [-0.3, -0.25) is 9.59 Å². The fraction of sp³-hybridized carbons (Fsp3) is 0.318. The van der Waals surface area contributed by atoms with Crippen LogP contribution in [0.1, 0.15) is 35.1 Å². The molecule has 0 unspecified atom stereocenters. The lowest BCUT2D eigenvalue weighted by Crippen LogP contribution is -2.16. The normalized spacial score (nSPS) is 12.4. The average molecular weight is 395 g/mol. The molecule has 1 heterocycles. The van der Waals surface area contributed by atoms with Crippen LogP contribution in [-0.2, 0) is 29.0 Å². The van der Waals surface area contributed by atoms with E-state index in [1.807, 2.05) is 24.3 Å². The molecular weight excluding hydrogens is 370 g/mol. The first kappa shape index (κ1) is 21.9. The molecule has 152 valence electrons. The van der Waals surface area contributed by atoms with Gasteiger partial charge in [-0.25, -0.2) is 0 Å². The van der Waals surface area contributed by atoms with Crippen molar-refractivity contribution < 1.29 is 19.8 Å². The Labute approximate surface area is 170 Å². The van der Waals surface area contributed by atoms with Crippen molar-refractivity contribution in [3.05, 3.63) is 64.7 Å². The van der Waals surface area contributed by atoms with Gasteiger partial charge in [-0.05, 0) is 48.7 Å². The van der Waals surface area contributed by atoms with Crippen LogP contribution in [0.15, 0.2) is 42.5 Å². The summed E-state index contributed by atoms with van der Waals surface area (Å²) in [6.07, 6.45) is 1.41. The Hall–Kier alpha value is -3.37. The number of anilines is 1. The van der Waals surface area contributed by atoms with Crippen LogP contribution in [0.5, 0.6) is 0 Å². The number of hydrogen-bond acceptors (Lipinski definition) is 5. The molecule has 0 amide bonds. The molecule has 0 radical (unpaired) electrons. The van der Waals surface area contributed by atoms with E-state index in [0.717, 1.165) is 43.7 Å². The number of nitrogens with one attached hydrogen (secondary N) is 2. The number of fused-ring (bicyclic) bond motifs is 1. The van der Waals surface area contributed by atoms with Crippen LogP contribution in [0.3, 0.4) is 0 Å². The second kappa shape index (κ2) is 11.5. The van der Waals surface area contributed by atoms with E-state index in [9.17, 15) is 14.9 Å². The van der Waals surface area contributed by atoms with Gasteiger partial charge in [0, 0.05) is 6.54 Å². The summed E-state index contributed by atoms with van der Waals surface area (Å²) in [5.74, 6) is -2.15. The smallest absolute Gasteiger partial charge is 0.303 e. The highest BCUT2D eigenvalue weighted by Crippen LogP contribution is 2.27. The van der Waals surface area contributed by atoms with Crippen LogP contribution < -0.4 is 10.6 Å². The SMILES string of the molecule is N#Cc1ccc2c(c1NCc1ccccc1)CCNCC2.O=C(O)CCC(=O)O. The molecule has 0 aliphatic carbocycles. The maximum Gasteiger partial charge on any atom is 0.303 e. The highest BCUT2D eigenvalue weighted by atomic mass is 16.4. The number of nitrogens with zero attached hydrogens (tertiary/aromatic N) is 1. The van der Waals surface area contributed by atoms with Gasteiger partial charge in [0.05, 0.1) is 24.1 Å². The highest BCUT2D eigenvalue weighted by Gasteiger charge is 2.15. The van der Waals surface area contributed by atoms with Gasteiger partial charge in [0.2, 0.25) is 0 Å². The first-order valence-electron chi connectivity index (χ1n) is 9.48. The molecule has 0 fully saturated rings. The minimum Gasteiger partial charge on any atom is -0.481 e. The highest BCUT2D eigenvalue weighted by molar-refractivity contribution is 5.75. The fourth-order valence-electron chi connectivity index (χ4n) is 3.07. The summed E-state index contributed by atoms with van der Waals surface area (Å²) in [5.41, 5.74) is 5.64. The van der Waals surface area contributed by atoms with Crippen LogP contribution in [0, 0.1) is 11.3 Å². The lowest BCUT2D eigenvalue weighted by molar-refractivity contribution is -0.143. The number of carboxylic acids is 2. The summed E-state index contributed by atoms with van der Waals surface area (Å²) in [7, 11) is 0. The molecule has 1 aliphatic heterocycles. The van der Waals surface area contributed by atoms with Crippen molar-refractivity contribution in [1.82, 2.24) is 5.32 Å². The Bertz CT molecular complexity index is 862. The molecule has 0 bridgehead atoms. The van der Waals surface area contributed by atoms with Crippen LogP contribution in [0.2, 0.25) is 0 Å². The van der Waals surface area contributed by atoms with Gasteiger partial charge in [-0.2, -0.15) is 5.26 Å². The number of carbonyl (C=O) groups is 2. The Morgan fingerprint density at radius 1 is 1.00 bits per heavy atom. The summed E-state index contributed by atoms with van der Waals surface area (Å²) in [5, 5.41) is 32.1. The molecule has 3 rings (SSSR count). The van der Waals surface area contributed by atoms with Gasteiger partial charge in [-0.1, -0.05) is 36.4 Å². The molecule has 0 spiro atoms. The third kappa shape index (κ3) is 7.28. The average Bonchev–Trinajstić information content (AvgIpc) is 2.97. The fourth-order valence-corrected chi connectivity index (χ4v) is 3.07.